The van der Waals surface area contributed by atoms with E-state index < -0.39 is 0 Å². The molecule has 1 aromatic heterocycles. The first-order chi connectivity index (χ1) is 10.6. The lowest BCUT2D eigenvalue weighted by molar-refractivity contribution is -0.121. The van der Waals surface area contributed by atoms with Crippen molar-refractivity contribution in [3.8, 4) is 0 Å². The van der Waals surface area contributed by atoms with Gasteiger partial charge in [0.2, 0.25) is 5.91 Å². The van der Waals surface area contributed by atoms with Crippen molar-refractivity contribution in [1.29, 1.82) is 0 Å². The Morgan fingerprint density at radius 3 is 2.86 bits per heavy atom. The van der Waals surface area contributed by atoms with E-state index in [9.17, 15) is 9.59 Å². The van der Waals surface area contributed by atoms with Gasteiger partial charge in [-0.2, -0.15) is 0 Å². The van der Waals surface area contributed by atoms with E-state index in [1.165, 1.54) is 10.9 Å². The van der Waals surface area contributed by atoms with Crippen LogP contribution in [0.4, 0.5) is 0 Å². The van der Waals surface area contributed by atoms with Crippen molar-refractivity contribution < 1.29 is 4.79 Å². The second-order valence-electron chi connectivity index (χ2n) is 5.25. The van der Waals surface area contributed by atoms with Gasteiger partial charge in [0.05, 0.1) is 17.2 Å². The standard InChI is InChI=1S/C16H22N4O2/c1-3-7-17-8-9-18-14(21)10-20-11-19-15-12(2)5-4-6-13(15)16(20)22/h4-6,11,17H,3,7-10H2,1-2H3,(H,18,21). The summed E-state index contributed by atoms with van der Waals surface area (Å²) in [5.74, 6) is -0.186. The third-order valence-electron chi connectivity index (χ3n) is 3.42. The Labute approximate surface area is 129 Å². The zero-order valence-corrected chi connectivity index (χ0v) is 13.1. The molecule has 0 aliphatic carbocycles. The van der Waals surface area contributed by atoms with E-state index in [1.54, 1.807) is 6.07 Å². The molecule has 6 heteroatoms. The molecule has 0 saturated carbocycles. The third-order valence-corrected chi connectivity index (χ3v) is 3.42. The quantitative estimate of drug-likeness (QED) is 0.743. The van der Waals surface area contributed by atoms with Gasteiger partial charge < -0.3 is 10.6 Å². The number of hydrogen-bond acceptors (Lipinski definition) is 4. The highest BCUT2D eigenvalue weighted by Gasteiger charge is 2.08. The van der Waals surface area contributed by atoms with E-state index >= 15 is 0 Å². The molecule has 0 fully saturated rings. The minimum Gasteiger partial charge on any atom is -0.353 e. The minimum atomic E-state index is -0.187. The number of nitrogens with one attached hydrogen (secondary N) is 2. The Bertz CT molecular complexity index is 709. The average molecular weight is 302 g/mol. The maximum Gasteiger partial charge on any atom is 0.261 e. The number of aryl methyl sites for hydroxylation is 1. The fraction of sp³-hybridized carbons (Fsp3) is 0.438. The highest BCUT2D eigenvalue weighted by atomic mass is 16.2. The first-order valence-electron chi connectivity index (χ1n) is 7.55. The van der Waals surface area contributed by atoms with Crippen molar-refractivity contribution in [3.05, 3.63) is 40.4 Å². The largest absolute Gasteiger partial charge is 0.353 e. The number of rotatable bonds is 7. The summed E-state index contributed by atoms with van der Waals surface area (Å²) >= 11 is 0. The lowest BCUT2D eigenvalue weighted by atomic mass is 10.1. The summed E-state index contributed by atoms with van der Waals surface area (Å²) in [6.45, 7) is 6.20. The number of fused-ring (bicyclic) bond motifs is 1. The van der Waals surface area contributed by atoms with Gasteiger partial charge in [-0.05, 0) is 31.5 Å². The van der Waals surface area contributed by atoms with Gasteiger partial charge in [0.15, 0.2) is 0 Å². The molecular weight excluding hydrogens is 280 g/mol. The van der Waals surface area contributed by atoms with Gasteiger partial charge in [0, 0.05) is 13.1 Å². The molecule has 6 nitrogen and oxygen atoms in total. The predicted molar refractivity (Wildman–Crippen MR) is 86.9 cm³/mol. The molecule has 0 saturated heterocycles. The molecule has 0 spiro atoms. The van der Waals surface area contributed by atoms with Crippen LogP contribution in [0.3, 0.4) is 0 Å². The van der Waals surface area contributed by atoms with Crippen molar-refractivity contribution in [2.24, 2.45) is 0 Å². The molecule has 0 radical (unpaired) electrons. The van der Waals surface area contributed by atoms with Crippen LogP contribution in [0.1, 0.15) is 18.9 Å². The minimum absolute atomic E-state index is 0.0104. The van der Waals surface area contributed by atoms with Crippen LogP contribution < -0.4 is 16.2 Å². The smallest absolute Gasteiger partial charge is 0.261 e. The zero-order valence-electron chi connectivity index (χ0n) is 13.1. The molecule has 0 aliphatic heterocycles. The number of amides is 1. The average Bonchev–Trinajstić information content (AvgIpc) is 2.50. The Kier molecular flexibility index (Phi) is 5.66. The number of benzene rings is 1. The normalized spacial score (nSPS) is 10.8. The third kappa shape index (κ3) is 3.92. The van der Waals surface area contributed by atoms with Crippen LogP contribution >= 0.6 is 0 Å². The van der Waals surface area contributed by atoms with Crippen molar-refractivity contribution in [1.82, 2.24) is 20.2 Å². The van der Waals surface area contributed by atoms with Crippen LogP contribution in [-0.4, -0.2) is 35.1 Å². The second-order valence-corrected chi connectivity index (χ2v) is 5.25. The number of carbonyl (C=O) groups excluding carboxylic acids is 1. The molecule has 2 aromatic rings. The molecule has 0 unspecified atom stereocenters. The van der Waals surface area contributed by atoms with Gasteiger partial charge in [0.25, 0.3) is 5.56 Å². The number of hydrogen-bond donors (Lipinski definition) is 2. The summed E-state index contributed by atoms with van der Waals surface area (Å²) in [4.78, 5) is 28.5. The van der Waals surface area contributed by atoms with Crippen LogP contribution in [0, 0.1) is 6.92 Å². The van der Waals surface area contributed by atoms with Gasteiger partial charge in [-0.3, -0.25) is 14.2 Å². The van der Waals surface area contributed by atoms with E-state index in [-0.39, 0.29) is 18.0 Å². The molecular formula is C16H22N4O2. The maximum absolute atomic E-state index is 12.4. The van der Waals surface area contributed by atoms with Crippen molar-refractivity contribution >= 4 is 16.8 Å². The van der Waals surface area contributed by atoms with Crippen LogP contribution in [0.2, 0.25) is 0 Å². The summed E-state index contributed by atoms with van der Waals surface area (Å²) < 4.78 is 1.34. The number of nitrogens with zero attached hydrogens (tertiary/aromatic N) is 2. The molecule has 0 aliphatic rings. The molecule has 2 N–H and O–H groups in total. The Morgan fingerprint density at radius 1 is 1.27 bits per heavy atom. The highest BCUT2D eigenvalue weighted by molar-refractivity contribution is 5.81. The molecule has 22 heavy (non-hydrogen) atoms. The summed E-state index contributed by atoms with van der Waals surface area (Å²) in [5, 5.41) is 6.53. The molecule has 2 rings (SSSR count). The topological polar surface area (TPSA) is 76.0 Å². The Morgan fingerprint density at radius 2 is 2.09 bits per heavy atom. The number of aromatic nitrogens is 2. The van der Waals surface area contributed by atoms with Crippen LogP contribution in [0.15, 0.2) is 29.3 Å². The maximum atomic E-state index is 12.4. The molecule has 0 bridgehead atoms. The van der Waals surface area contributed by atoms with Crippen LogP contribution in [0.5, 0.6) is 0 Å². The fourth-order valence-corrected chi connectivity index (χ4v) is 2.25. The molecule has 0 atom stereocenters. The Balaban J connectivity index is 2.01. The summed E-state index contributed by atoms with van der Waals surface area (Å²) in [6, 6.07) is 5.47. The van der Waals surface area contributed by atoms with Gasteiger partial charge >= 0.3 is 0 Å². The zero-order chi connectivity index (χ0) is 15.9. The second kappa shape index (κ2) is 7.70. The first kappa shape index (κ1) is 16.2. The number of carbonyl (C=O) groups is 1. The van der Waals surface area contributed by atoms with Gasteiger partial charge in [-0.1, -0.05) is 19.1 Å². The Hall–Kier alpha value is -2.21. The number of para-hydroxylation sites is 1. The molecule has 1 heterocycles. The van der Waals surface area contributed by atoms with Crippen molar-refractivity contribution in [3.63, 3.8) is 0 Å². The SMILES string of the molecule is CCCNCCNC(=O)Cn1cnc2c(C)cccc2c1=O. The lowest BCUT2D eigenvalue weighted by Crippen LogP contribution is -2.36. The van der Waals surface area contributed by atoms with Crippen LogP contribution in [-0.2, 0) is 11.3 Å². The fourth-order valence-electron chi connectivity index (χ4n) is 2.25. The van der Waals surface area contributed by atoms with Gasteiger partial charge in [0.1, 0.15) is 6.54 Å². The van der Waals surface area contributed by atoms with Crippen molar-refractivity contribution in [2.75, 3.05) is 19.6 Å². The molecule has 118 valence electrons. The van der Waals surface area contributed by atoms with E-state index in [0.29, 0.717) is 17.4 Å². The van der Waals surface area contributed by atoms with E-state index in [1.807, 2.05) is 19.1 Å². The monoisotopic (exact) mass is 302 g/mol. The van der Waals surface area contributed by atoms with E-state index in [2.05, 4.69) is 22.5 Å². The first-order valence-corrected chi connectivity index (χ1v) is 7.55. The van der Waals surface area contributed by atoms with Gasteiger partial charge in [-0.25, -0.2) is 4.98 Å². The van der Waals surface area contributed by atoms with Crippen LogP contribution in [0.25, 0.3) is 10.9 Å². The van der Waals surface area contributed by atoms with Crippen molar-refractivity contribution in [2.45, 2.75) is 26.8 Å². The summed E-state index contributed by atoms with van der Waals surface area (Å²) in [5.41, 5.74) is 1.45. The summed E-state index contributed by atoms with van der Waals surface area (Å²) in [6.07, 6.45) is 2.50. The lowest BCUT2D eigenvalue weighted by Gasteiger charge is -2.09. The van der Waals surface area contributed by atoms with Gasteiger partial charge in [-0.15, -0.1) is 0 Å². The van der Waals surface area contributed by atoms with E-state index in [0.717, 1.165) is 25.1 Å². The molecule has 1 aromatic carbocycles. The summed E-state index contributed by atoms with van der Waals surface area (Å²) in [7, 11) is 0. The van der Waals surface area contributed by atoms with E-state index in [4.69, 9.17) is 0 Å². The predicted octanol–water partition coefficient (Wildman–Crippen LogP) is 0.821. The molecule has 1 amide bonds. The highest BCUT2D eigenvalue weighted by Crippen LogP contribution is 2.10.